The Hall–Kier alpha value is -0.940. The Morgan fingerprint density at radius 2 is 1.95 bits per heavy atom. The lowest BCUT2D eigenvalue weighted by Crippen LogP contribution is -2.45. The summed E-state index contributed by atoms with van der Waals surface area (Å²) in [5, 5.41) is 3.19. The maximum absolute atomic E-state index is 13.1. The molecule has 1 unspecified atom stereocenters. The van der Waals surface area contributed by atoms with Crippen molar-refractivity contribution in [1.29, 1.82) is 0 Å². The van der Waals surface area contributed by atoms with E-state index in [0.717, 1.165) is 6.07 Å². The van der Waals surface area contributed by atoms with E-state index in [-0.39, 0.29) is 22.1 Å². The molecular weight excluding hydrogens is 265 g/mol. The Balaban J connectivity index is 3.01. The zero-order chi connectivity index (χ0) is 14.7. The van der Waals surface area contributed by atoms with Gasteiger partial charge in [0, 0.05) is 6.04 Å². The number of sulfone groups is 1. The SMILES string of the molecule is CCNC(CS(=O)(=O)c1cccc(F)c1)C(C)(C)C. The molecule has 3 nitrogen and oxygen atoms in total. The van der Waals surface area contributed by atoms with Gasteiger partial charge in [0.05, 0.1) is 10.6 Å². The maximum Gasteiger partial charge on any atom is 0.180 e. The highest BCUT2D eigenvalue weighted by Gasteiger charge is 2.29. The lowest BCUT2D eigenvalue weighted by Gasteiger charge is -2.31. The van der Waals surface area contributed by atoms with Crippen LogP contribution in [0.3, 0.4) is 0 Å². The van der Waals surface area contributed by atoms with Crippen LogP contribution in [0.25, 0.3) is 0 Å². The quantitative estimate of drug-likeness (QED) is 0.905. The summed E-state index contributed by atoms with van der Waals surface area (Å²) < 4.78 is 37.8. The van der Waals surface area contributed by atoms with E-state index < -0.39 is 15.7 Å². The van der Waals surface area contributed by atoms with Crippen molar-refractivity contribution in [2.24, 2.45) is 5.41 Å². The predicted molar refractivity (Wildman–Crippen MR) is 75.4 cm³/mol. The van der Waals surface area contributed by atoms with Crippen LogP contribution in [0.1, 0.15) is 27.7 Å². The van der Waals surface area contributed by atoms with Crippen LogP contribution >= 0.6 is 0 Å². The second-order valence-electron chi connectivity index (χ2n) is 5.72. The predicted octanol–water partition coefficient (Wildman–Crippen LogP) is 2.62. The zero-order valence-corrected chi connectivity index (χ0v) is 12.7. The second-order valence-corrected chi connectivity index (χ2v) is 7.75. The molecule has 19 heavy (non-hydrogen) atoms. The van der Waals surface area contributed by atoms with Crippen LogP contribution in [0.4, 0.5) is 4.39 Å². The molecule has 0 heterocycles. The summed E-state index contributed by atoms with van der Waals surface area (Å²) in [5.74, 6) is -0.565. The first-order chi connectivity index (χ1) is 8.66. The average molecular weight is 287 g/mol. The van der Waals surface area contributed by atoms with E-state index in [9.17, 15) is 12.8 Å². The highest BCUT2D eigenvalue weighted by molar-refractivity contribution is 7.91. The summed E-state index contributed by atoms with van der Waals surface area (Å²) in [6, 6.07) is 4.99. The van der Waals surface area contributed by atoms with Crippen LogP contribution in [0.2, 0.25) is 0 Å². The van der Waals surface area contributed by atoms with Crippen molar-refractivity contribution in [2.45, 2.75) is 38.6 Å². The normalized spacial score (nSPS) is 14.4. The van der Waals surface area contributed by atoms with Gasteiger partial charge in [0.1, 0.15) is 5.82 Å². The van der Waals surface area contributed by atoms with Gasteiger partial charge in [-0.15, -0.1) is 0 Å². The second kappa shape index (κ2) is 6.01. The molecule has 0 spiro atoms. The number of hydrogen-bond donors (Lipinski definition) is 1. The molecule has 0 aliphatic rings. The first-order valence-electron chi connectivity index (χ1n) is 6.38. The molecule has 5 heteroatoms. The minimum absolute atomic E-state index is 0.0339. The summed E-state index contributed by atoms with van der Waals surface area (Å²) in [6.07, 6.45) is 0. The molecule has 0 aromatic heterocycles. The Labute approximate surface area is 115 Å². The van der Waals surface area contributed by atoms with Crippen molar-refractivity contribution >= 4 is 9.84 Å². The van der Waals surface area contributed by atoms with Crippen LogP contribution in [-0.4, -0.2) is 26.8 Å². The third-order valence-electron chi connectivity index (χ3n) is 3.04. The third kappa shape index (κ3) is 4.58. The molecule has 0 aliphatic carbocycles. The van der Waals surface area contributed by atoms with E-state index in [1.807, 2.05) is 27.7 Å². The van der Waals surface area contributed by atoms with Crippen LogP contribution in [0.15, 0.2) is 29.2 Å². The standard InChI is InChI=1S/C14H22FNO2S/c1-5-16-13(14(2,3)4)10-19(17,18)12-8-6-7-11(15)9-12/h6-9,13,16H,5,10H2,1-4H3. The molecule has 0 saturated carbocycles. The molecule has 1 atom stereocenters. The van der Waals surface area contributed by atoms with Crippen molar-refractivity contribution in [1.82, 2.24) is 5.32 Å². The Morgan fingerprint density at radius 1 is 1.32 bits per heavy atom. The van der Waals surface area contributed by atoms with E-state index >= 15 is 0 Å². The fourth-order valence-electron chi connectivity index (χ4n) is 1.84. The number of hydrogen-bond acceptors (Lipinski definition) is 3. The highest BCUT2D eigenvalue weighted by Crippen LogP contribution is 2.23. The molecule has 0 aliphatic heterocycles. The summed E-state index contributed by atoms with van der Waals surface area (Å²) in [7, 11) is -3.49. The van der Waals surface area contributed by atoms with Gasteiger partial charge in [-0.1, -0.05) is 33.8 Å². The molecule has 1 rings (SSSR count). The lowest BCUT2D eigenvalue weighted by molar-refractivity contribution is 0.292. The molecular formula is C14H22FNO2S. The fourth-order valence-corrected chi connectivity index (χ4v) is 3.66. The largest absolute Gasteiger partial charge is 0.313 e. The third-order valence-corrected chi connectivity index (χ3v) is 4.78. The van der Waals surface area contributed by atoms with Crippen LogP contribution in [-0.2, 0) is 9.84 Å². The Kier molecular flexibility index (Phi) is 5.10. The van der Waals surface area contributed by atoms with Gasteiger partial charge in [-0.05, 0) is 30.2 Å². The topological polar surface area (TPSA) is 46.2 Å². The van der Waals surface area contributed by atoms with Gasteiger partial charge >= 0.3 is 0 Å². The van der Waals surface area contributed by atoms with Gasteiger partial charge in [-0.25, -0.2) is 12.8 Å². The molecule has 1 aromatic carbocycles. The van der Waals surface area contributed by atoms with Gasteiger partial charge in [-0.3, -0.25) is 0 Å². The molecule has 1 N–H and O–H groups in total. The van der Waals surface area contributed by atoms with Crippen LogP contribution < -0.4 is 5.32 Å². The molecule has 0 amide bonds. The summed E-state index contributed by atoms with van der Waals surface area (Å²) >= 11 is 0. The highest BCUT2D eigenvalue weighted by atomic mass is 32.2. The molecule has 0 saturated heterocycles. The van der Waals surface area contributed by atoms with E-state index in [0.29, 0.717) is 6.54 Å². The summed E-state index contributed by atoms with van der Waals surface area (Å²) in [4.78, 5) is 0.0413. The minimum atomic E-state index is -3.49. The van der Waals surface area contributed by atoms with Crippen molar-refractivity contribution in [3.05, 3.63) is 30.1 Å². The van der Waals surface area contributed by atoms with Gasteiger partial charge < -0.3 is 5.32 Å². The molecule has 0 bridgehead atoms. The summed E-state index contributed by atoms with van der Waals surface area (Å²) in [6.45, 7) is 8.60. The average Bonchev–Trinajstić information content (AvgIpc) is 2.27. The van der Waals surface area contributed by atoms with Crippen molar-refractivity contribution in [2.75, 3.05) is 12.3 Å². The van der Waals surface area contributed by atoms with Gasteiger partial charge in [0.2, 0.25) is 0 Å². The smallest absolute Gasteiger partial charge is 0.180 e. The van der Waals surface area contributed by atoms with Crippen molar-refractivity contribution < 1.29 is 12.8 Å². The molecule has 0 fully saturated rings. The lowest BCUT2D eigenvalue weighted by atomic mass is 9.88. The Morgan fingerprint density at radius 3 is 2.42 bits per heavy atom. The van der Waals surface area contributed by atoms with E-state index in [1.165, 1.54) is 18.2 Å². The van der Waals surface area contributed by atoms with Crippen molar-refractivity contribution in [3.8, 4) is 0 Å². The number of benzene rings is 1. The first-order valence-corrected chi connectivity index (χ1v) is 8.04. The van der Waals surface area contributed by atoms with E-state index in [4.69, 9.17) is 0 Å². The monoisotopic (exact) mass is 287 g/mol. The van der Waals surface area contributed by atoms with Crippen molar-refractivity contribution in [3.63, 3.8) is 0 Å². The van der Waals surface area contributed by atoms with E-state index in [2.05, 4.69) is 5.32 Å². The molecule has 0 radical (unpaired) electrons. The summed E-state index contributed by atoms with van der Waals surface area (Å²) in [5.41, 5.74) is -0.184. The minimum Gasteiger partial charge on any atom is -0.313 e. The first kappa shape index (κ1) is 16.1. The van der Waals surface area contributed by atoms with Gasteiger partial charge in [0.25, 0.3) is 0 Å². The van der Waals surface area contributed by atoms with Crippen LogP contribution in [0.5, 0.6) is 0 Å². The van der Waals surface area contributed by atoms with E-state index in [1.54, 1.807) is 0 Å². The molecule has 108 valence electrons. The van der Waals surface area contributed by atoms with Crippen LogP contribution in [0, 0.1) is 11.2 Å². The zero-order valence-electron chi connectivity index (χ0n) is 11.9. The van der Waals surface area contributed by atoms with Gasteiger partial charge in [0.15, 0.2) is 9.84 Å². The van der Waals surface area contributed by atoms with Gasteiger partial charge in [-0.2, -0.15) is 0 Å². The molecule has 1 aromatic rings. The maximum atomic E-state index is 13.1. The number of rotatable bonds is 5. The number of nitrogens with one attached hydrogen (secondary N) is 1. The Bertz CT molecular complexity index is 520. The number of halogens is 1. The fraction of sp³-hybridized carbons (Fsp3) is 0.571.